The second-order valence-corrected chi connectivity index (χ2v) is 7.99. The first-order chi connectivity index (χ1) is 11.7. The summed E-state index contributed by atoms with van der Waals surface area (Å²) in [6.45, 7) is 5.13. The van der Waals surface area contributed by atoms with Gasteiger partial charge in [0.25, 0.3) is 0 Å². The van der Waals surface area contributed by atoms with Crippen molar-refractivity contribution in [3.05, 3.63) is 44.9 Å². The van der Waals surface area contributed by atoms with Crippen LogP contribution in [0.1, 0.15) is 31.2 Å². The summed E-state index contributed by atoms with van der Waals surface area (Å²) in [4.78, 5) is 28.8. The van der Waals surface area contributed by atoms with Gasteiger partial charge in [-0.25, -0.2) is 4.98 Å². The molecule has 2 aromatic rings. The number of amides is 2. The molecule has 2 amide bonds. The van der Waals surface area contributed by atoms with E-state index in [4.69, 9.17) is 23.2 Å². The molecule has 2 N–H and O–H groups in total. The van der Waals surface area contributed by atoms with E-state index in [1.165, 1.54) is 18.3 Å². The predicted octanol–water partition coefficient (Wildman–Crippen LogP) is 4.14. The van der Waals surface area contributed by atoms with Crippen LogP contribution in [0.4, 0.5) is 5.13 Å². The van der Waals surface area contributed by atoms with Crippen LogP contribution in [-0.2, 0) is 16.0 Å². The van der Waals surface area contributed by atoms with Crippen molar-refractivity contribution in [2.75, 3.05) is 5.32 Å². The summed E-state index contributed by atoms with van der Waals surface area (Å²) < 4.78 is 0. The zero-order chi connectivity index (χ0) is 18.6. The highest BCUT2D eigenvalue weighted by atomic mass is 35.5. The lowest BCUT2D eigenvalue weighted by Crippen LogP contribution is -2.46. The first kappa shape index (κ1) is 19.7. The Hall–Kier alpha value is -1.63. The van der Waals surface area contributed by atoms with Crippen LogP contribution < -0.4 is 10.6 Å². The van der Waals surface area contributed by atoms with Crippen molar-refractivity contribution in [1.82, 2.24) is 10.3 Å². The van der Waals surface area contributed by atoms with Gasteiger partial charge in [0.2, 0.25) is 11.8 Å². The zero-order valence-corrected chi connectivity index (χ0v) is 16.4. The maximum absolute atomic E-state index is 12.4. The fourth-order valence-electron chi connectivity index (χ4n) is 2.30. The maximum atomic E-state index is 12.4. The van der Waals surface area contributed by atoms with Crippen molar-refractivity contribution in [1.29, 1.82) is 0 Å². The third-order valence-corrected chi connectivity index (χ3v) is 4.74. The molecule has 25 heavy (non-hydrogen) atoms. The second kappa shape index (κ2) is 8.65. The van der Waals surface area contributed by atoms with E-state index in [1.54, 1.807) is 12.3 Å². The highest BCUT2D eigenvalue weighted by Crippen LogP contribution is 2.25. The summed E-state index contributed by atoms with van der Waals surface area (Å²) in [6.07, 6.45) is 2.32. The molecule has 0 spiro atoms. The minimum atomic E-state index is -0.600. The van der Waals surface area contributed by atoms with Gasteiger partial charge in [-0.05, 0) is 29.7 Å². The monoisotopic (exact) mass is 399 g/mol. The number of benzene rings is 1. The fraction of sp³-hybridized carbons (Fsp3) is 0.353. The number of carbonyl (C=O) groups excluding carboxylic acids is 2. The number of carbonyl (C=O) groups is 2. The van der Waals surface area contributed by atoms with Crippen molar-refractivity contribution >= 4 is 51.5 Å². The SMILES string of the molecule is CC(=O)N[C@@H](C(=O)Nc1ncc(Cc2cc(Cl)cc(Cl)c2)s1)C(C)C. The van der Waals surface area contributed by atoms with Gasteiger partial charge in [0.15, 0.2) is 5.13 Å². The molecule has 0 saturated heterocycles. The molecule has 0 aliphatic rings. The molecule has 134 valence electrons. The summed E-state index contributed by atoms with van der Waals surface area (Å²) in [5.41, 5.74) is 0.970. The molecule has 0 unspecified atom stereocenters. The fourth-order valence-corrected chi connectivity index (χ4v) is 3.72. The lowest BCUT2D eigenvalue weighted by molar-refractivity contribution is -0.126. The molecular weight excluding hydrogens is 381 g/mol. The van der Waals surface area contributed by atoms with Crippen LogP contribution in [0.5, 0.6) is 0 Å². The van der Waals surface area contributed by atoms with Crippen molar-refractivity contribution in [2.45, 2.75) is 33.2 Å². The quantitative estimate of drug-likeness (QED) is 0.766. The number of nitrogens with one attached hydrogen (secondary N) is 2. The Balaban J connectivity index is 2.05. The Bertz CT molecular complexity index is 757. The first-order valence-corrected chi connectivity index (χ1v) is 9.29. The average Bonchev–Trinajstić information content (AvgIpc) is 2.90. The van der Waals surface area contributed by atoms with Crippen LogP contribution in [0.3, 0.4) is 0 Å². The molecule has 0 radical (unpaired) electrons. The van der Waals surface area contributed by atoms with Gasteiger partial charge >= 0.3 is 0 Å². The molecule has 1 aromatic heterocycles. The largest absolute Gasteiger partial charge is 0.344 e. The molecule has 0 aliphatic carbocycles. The van der Waals surface area contributed by atoms with E-state index in [0.717, 1.165) is 10.4 Å². The number of anilines is 1. The van der Waals surface area contributed by atoms with Crippen molar-refractivity contribution in [3.63, 3.8) is 0 Å². The first-order valence-electron chi connectivity index (χ1n) is 7.72. The van der Waals surface area contributed by atoms with Crippen molar-refractivity contribution in [3.8, 4) is 0 Å². The van der Waals surface area contributed by atoms with Crippen molar-refractivity contribution < 1.29 is 9.59 Å². The van der Waals surface area contributed by atoms with E-state index < -0.39 is 6.04 Å². The number of aromatic nitrogens is 1. The minimum Gasteiger partial charge on any atom is -0.344 e. The lowest BCUT2D eigenvalue weighted by atomic mass is 10.0. The van der Waals surface area contributed by atoms with Gasteiger partial charge < -0.3 is 10.6 Å². The van der Waals surface area contributed by atoms with E-state index in [-0.39, 0.29) is 17.7 Å². The van der Waals surface area contributed by atoms with Gasteiger partial charge in [-0.15, -0.1) is 11.3 Å². The molecule has 2 rings (SSSR count). The number of thiazole rings is 1. The van der Waals surface area contributed by atoms with E-state index in [9.17, 15) is 9.59 Å². The zero-order valence-electron chi connectivity index (χ0n) is 14.1. The number of hydrogen-bond donors (Lipinski definition) is 2. The number of rotatable bonds is 6. The highest BCUT2D eigenvalue weighted by Gasteiger charge is 2.23. The van der Waals surface area contributed by atoms with Gasteiger partial charge in [0, 0.05) is 34.5 Å². The number of nitrogens with zero attached hydrogens (tertiary/aromatic N) is 1. The van der Waals surface area contributed by atoms with Crippen LogP contribution in [0.15, 0.2) is 24.4 Å². The molecule has 5 nitrogen and oxygen atoms in total. The Morgan fingerprint density at radius 2 is 1.84 bits per heavy atom. The molecule has 1 atom stereocenters. The molecule has 1 heterocycles. The van der Waals surface area contributed by atoms with E-state index in [1.807, 2.05) is 26.0 Å². The van der Waals surface area contributed by atoms with Crippen LogP contribution >= 0.6 is 34.5 Å². The molecular formula is C17H19Cl2N3O2S. The van der Waals surface area contributed by atoms with Crippen LogP contribution in [0, 0.1) is 5.92 Å². The standard InChI is InChI=1S/C17H19Cl2N3O2S/c1-9(2)15(21-10(3)23)16(24)22-17-20-8-14(25-17)6-11-4-12(18)7-13(19)5-11/h4-5,7-9,15H,6H2,1-3H3,(H,21,23)(H,20,22,24)/t15-/m1/s1. The Morgan fingerprint density at radius 3 is 2.40 bits per heavy atom. The molecule has 0 fully saturated rings. The molecule has 0 saturated carbocycles. The Labute approximate surface area is 160 Å². The maximum Gasteiger partial charge on any atom is 0.248 e. The smallest absolute Gasteiger partial charge is 0.248 e. The number of hydrogen-bond acceptors (Lipinski definition) is 4. The summed E-state index contributed by atoms with van der Waals surface area (Å²) in [7, 11) is 0. The third-order valence-electron chi connectivity index (χ3n) is 3.39. The molecule has 8 heteroatoms. The van der Waals surface area contributed by atoms with Crippen LogP contribution in [-0.4, -0.2) is 22.8 Å². The van der Waals surface area contributed by atoms with Crippen LogP contribution in [0.25, 0.3) is 0 Å². The van der Waals surface area contributed by atoms with Gasteiger partial charge in [-0.2, -0.15) is 0 Å². The van der Waals surface area contributed by atoms with E-state index in [0.29, 0.717) is 21.6 Å². The molecule has 0 bridgehead atoms. The van der Waals surface area contributed by atoms with Crippen molar-refractivity contribution in [2.24, 2.45) is 5.92 Å². The number of halogens is 2. The summed E-state index contributed by atoms with van der Waals surface area (Å²) in [5.74, 6) is -0.555. The molecule has 0 aliphatic heterocycles. The third kappa shape index (κ3) is 5.99. The lowest BCUT2D eigenvalue weighted by Gasteiger charge is -2.20. The Kier molecular flexibility index (Phi) is 6.81. The van der Waals surface area contributed by atoms with E-state index in [2.05, 4.69) is 15.6 Å². The highest BCUT2D eigenvalue weighted by molar-refractivity contribution is 7.15. The minimum absolute atomic E-state index is 0.0306. The second-order valence-electron chi connectivity index (χ2n) is 6.00. The topological polar surface area (TPSA) is 71.1 Å². The Morgan fingerprint density at radius 1 is 1.20 bits per heavy atom. The van der Waals surface area contributed by atoms with Gasteiger partial charge in [-0.1, -0.05) is 37.0 Å². The summed E-state index contributed by atoms with van der Waals surface area (Å²) >= 11 is 13.4. The van der Waals surface area contributed by atoms with E-state index >= 15 is 0 Å². The van der Waals surface area contributed by atoms with Gasteiger partial charge in [0.05, 0.1) is 0 Å². The summed E-state index contributed by atoms with van der Waals surface area (Å²) in [6, 6.07) is 4.77. The van der Waals surface area contributed by atoms with Crippen LogP contribution in [0.2, 0.25) is 10.0 Å². The predicted molar refractivity (Wildman–Crippen MR) is 102 cm³/mol. The summed E-state index contributed by atoms with van der Waals surface area (Å²) in [5, 5.41) is 7.06. The average molecular weight is 400 g/mol. The molecule has 1 aromatic carbocycles. The van der Waals surface area contributed by atoms with Gasteiger partial charge in [-0.3, -0.25) is 9.59 Å². The normalized spacial score (nSPS) is 12.1. The van der Waals surface area contributed by atoms with Gasteiger partial charge in [0.1, 0.15) is 6.04 Å².